The molecular formula is C20H20N2O3PS+. The molecule has 27 heavy (non-hydrogen) atoms. The fraction of sp³-hybridized carbons (Fsp3) is 0.150. The van der Waals surface area contributed by atoms with Crippen LogP contribution in [0.15, 0.2) is 60.0 Å². The zero-order valence-corrected chi connectivity index (χ0v) is 16.6. The van der Waals surface area contributed by atoms with E-state index in [9.17, 15) is 9.36 Å². The second-order valence-corrected chi connectivity index (χ2v) is 8.04. The molecule has 3 N–H and O–H groups in total. The Kier molecular flexibility index (Phi) is 6.35. The van der Waals surface area contributed by atoms with Crippen LogP contribution in [0.1, 0.15) is 15.9 Å². The molecule has 0 fully saturated rings. The first kappa shape index (κ1) is 19.2. The minimum absolute atomic E-state index is 0.218. The Bertz CT molecular complexity index is 940. The molecule has 0 bridgehead atoms. The van der Waals surface area contributed by atoms with Crippen LogP contribution >= 0.6 is 19.4 Å². The number of anilines is 2. The summed E-state index contributed by atoms with van der Waals surface area (Å²) in [4.78, 5) is 13.7. The number of amides is 1. The number of rotatable bonds is 7. The summed E-state index contributed by atoms with van der Waals surface area (Å²) in [6, 6.07) is 16.9. The Morgan fingerprint density at radius 3 is 2.63 bits per heavy atom. The normalized spacial score (nSPS) is 11.2. The lowest BCUT2D eigenvalue weighted by Crippen LogP contribution is -2.13. The van der Waals surface area contributed by atoms with Crippen molar-refractivity contribution in [2.24, 2.45) is 0 Å². The number of nitrogen functional groups attached to an aromatic ring is 1. The quantitative estimate of drug-likeness (QED) is 0.424. The van der Waals surface area contributed by atoms with Gasteiger partial charge in [-0.3, -0.25) is 4.79 Å². The first-order valence-electron chi connectivity index (χ1n) is 8.40. The first-order chi connectivity index (χ1) is 13.0. The van der Waals surface area contributed by atoms with Crippen molar-refractivity contribution in [2.45, 2.75) is 6.42 Å². The van der Waals surface area contributed by atoms with E-state index >= 15 is 0 Å². The smallest absolute Gasteiger partial charge is 0.397 e. The van der Waals surface area contributed by atoms with Crippen molar-refractivity contribution in [1.82, 2.24) is 0 Å². The van der Waals surface area contributed by atoms with Crippen LogP contribution in [0, 0.1) is 0 Å². The van der Waals surface area contributed by atoms with Crippen molar-refractivity contribution in [1.29, 1.82) is 0 Å². The molecule has 1 heterocycles. The maximum absolute atomic E-state index is 12.6. The number of carbonyl (C=O) groups is 1. The maximum Gasteiger partial charge on any atom is 0.504 e. The van der Waals surface area contributed by atoms with Crippen molar-refractivity contribution in [3.8, 4) is 10.4 Å². The molecule has 0 aliphatic carbocycles. The average Bonchev–Trinajstić information content (AvgIpc) is 3.18. The maximum atomic E-state index is 12.6. The SMILES string of the molecule is C[P+](=O)OCCc1ccc(C(=O)Nc2cc(-c3cccs3)ccc2N)cc1. The van der Waals surface area contributed by atoms with Crippen molar-refractivity contribution in [2.75, 3.05) is 24.3 Å². The van der Waals surface area contributed by atoms with Crippen LogP contribution in [0.3, 0.4) is 0 Å². The molecule has 2 aromatic carbocycles. The zero-order valence-electron chi connectivity index (χ0n) is 14.8. The highest BCUT2D eigenvalue weighted by Crippen LogP contribution is 2.30. The molecule has 0 saturated carbocycles. The first-order valence-corrected chi connectivity index (χ1v) is 10.9. The van der Waals surface area contributed by atoms with E-state index in [0.29, 0.717) is 30.0 Å². The van der Waals surface area contributed by atoms with Crippen LogP contribution < -0.4 is 11.1 Å². The molecule has 1 atom stereocenters. The molecule has 0 aliphatic rings. The number of nitrogens with two attached hydrogens (primary N) is 1. The van der Waals surface area contributed by atoms with Crippen LogP contribution in [-0.2, 0) is 15.5 Å². The van der Waals surface area contributed by atoms with Gasteiger partial charge in [0, 0.05) is 16.9 Å². The summed E-state index contributed by atoms with van der Waals surface area (Å²) in [5, 5.41) is 4.89. The van der Waals surface area contributed by atoms with Gasteiger partial charge in [0.2, 0.25) is 0 Å². The molecule has 0 saturated heterocycles. The van der Waals surface area contributed by atoms with Crippen LogP contribution in [0.4, 0.5) is 11.4 Å². The van der Waals surface area contributed by atoms with Gasteiger partial charge in [0.15, 0.2) is 6.66 Å². The summed E-state index contributed by atoms with van der Waals surface area (Å²) >= 11 is 1.63. The molecule has 1 aromatic heterocycles. The summed E-state index contributed by atoms with van der Waals surface area (Å²) in [6.45, 7) is 1.92. The van der Waals surface area contributed by atoms with Crippen molar-refractivity contribution >= 4 is 36.6 Å². The Hall–Kier alpha value is -2.53. The number of nitrogens with one attached hydrogen (secondary N) is 1. The number of thiophene rings is 1. The summed E-state index contributed by atoms with van der Waals surface area (Å²) in [5.41, 5.74) is 9.71. The third-order valence-electron chi connectivity index (χ3n) is 3.99. The highest BCUT2D eigenvalue weighted by Gasteiger charge is 2.11. The zero-order chi connectivity index (χ0) is 19.2. The van der Waals surface area contributed by atoms with Gasteiger partial charge in [-0.2, -0.15) is 0 Å². The summed E-state index contributed by atoms with van der Waals surface area (Å²) in [7, 11) is -1.59. The molecule has 0 radical (unpaired) electrons. The van der Waals surface area contributed by atoms with E-state index in [0.717, 1.165) is 16.0 Å². The molecule has 1 unspecified atom stereocenters. The van der Waals surface area contributed by atoms with Gasteiger partial charge in [0.1, 0.15) is 6.61 Å². The fourth-order valence-corrected chi connectivity index (χ4v) is 3.64. The van der Waals surface area contributed by atoms with Crippen molar-refractivity contribution in [3.05, 3.63) is 71.1 Å². The Morgan fingerprint density at radius 2 is 1.96 bits per heavy atom. The molecule has 0 spiro atoms. The molecule has 0 aliphatic heterocycles. The molecular weight excluding hydrogens is 379 g/mol. The molecule has 3 aromatic rings. The number of carbonyl (C=O) groups excluding carboxylic acids is 1. The van der Waals surface area contributed by atoms with Crippen LogP contribution in [0.25, 0.3) is 10.4 Å². The summed E-state index contributed by atoms with van der Waals surface area (Å²) < 4.78 is 16.0. The topological polar surface area (TPSA) is 81.4 Å². The van der Waals surface area contributed by atoms with Crippen molar-refractivity contribution in [3.63, 3.8) is 0 Å². The monoisotopic (exact) mass is 399 g/mol. The van der Waals surface area contributed by atoms with E-state index < -0.39 is 8.03 Å². The Morgan fingerprint density at radius 1 is 1.19 bits per heavy atom. The Balaban J connectivity index is 1.68. The Labute approximate surface area is 163 Å². The van der Waals surface area contributed by atoms with Gasteiger partial charge in [-0.15, -0.1) is 15.9 Å². The molecule has 138 valence electrons. The van der Waals surface area contributed by atoms with Gasteiger partial charge in [0.05, 0.1) is 11.4 Å². The van der Waals surface area contributed by atoms with E-state index in [4.69, 9.17) is 10.3 Å². The van der Waals surface area contributed by atoms with Crippen LogP contribution in [0.2, 0.25) is 0 Å². The predicted octanol–water partition coefficient (Wildman–Crippen LogP) is 5.18. The number of hydrogen-bond donors (Lipinski definition) is 2. The average molecular weight is 399 g/mol. The number of hydrogen-bond acceptors (Lipinski definition) is 5. The lowest BCUT2D eigenvalue weighted by molar-refractivity contribution is 0.102. The molecule has 7 heteroatoms. The lowest BCUT2D eigenvalue weighted by atomic mass is 10.1. The fourth-order valence-electron chi connectivity index (χ4n) is 2.57. The summed E-state index contributed by atoms with van der Waals surface area (Å²) in [6.07, 6.45) is 0.645. The highest BCUT2D eigenvalue weighted by molar-refractivity contribution is 7.38. The lowest BCUT2D eigenvalue weighted by Gasteiger charge is -2.10. The van der Waals surface area contributed by atoms with E-state index in [2.05, 4.69) is 5.32 Å². The summed E-state index contributed by atoms with van der Waals surface area (Å²) in [5.74, 6) is -0.218. The minimum atomic E-state index is -1.59. The third kappa shape index (κ3) is 5.23. The van der Waals surface area contributed by atoms with E-state index in [1.807, 2.05) is 41.8 Å². The van der Waals surface area contributed by atoms with Crippen LogP contribution in [-0.4, -0.2) is 19.2 Å². The van der Waals surface area contributed by atoms with Gasteiger partial charge in [-0.05, 0) is 51.4 Å². The standard InChI is InChI=1S/C20H19N2O3PS/c1-26(24)25-11-10-14-4-6-15(7-5-14)20(23)22-18-13-16(8-9-17(18)21)19-3-2-12-27-19/h2-9,12-13H,10-11,21H2,1H3/p+1. The van der Waals surface area contributed by atoms with Crippen molar-refractivity contribution < 1.29 is 13.9 Å². The predicted molar refractivity (Wildman–Crippen MR) is 112 cm³/mol. The molecule has 5 nitrogen and oxygen atoms in total. The van der Waals surface area contributed by atoms with Gasteiger partial charge >= 0.3 is 8.03 Å². The minimum Gasteiger partial charge on any atom is -0.397 e. The van der Waals surface area contributed by atoms with E-state index in [-0.39, 0.29) is 5.91 Å². The second-order valence-electron chi connectivity index (χ2n) is 5.95. The van der Waals surface area contributed by atoms with Gasteiger partial charge < -0.3 is 11.1 Å². The van der Waals surface area contributed by atoms with Gasteiger partial charge in [0.25, 0.3) is 5.91 Å². The highest BCUT2D eigenvalue weighted by atomic mass is 32.1. The molecule has 3 rings (SSSR count). The van der Waals surface area contributed by atoms with E-state index in [1.165, 1.54) is 6.66 Å². The molecule has 1 amide bonds. The van der Waals surface area contributed by atoms with Gasteiger partial charge in [-0.25, -0.2) is 0 Å². The number of benzene rings is 2. The van der Waals surface area contributed by atoms with Crippen LogP contribution in [0.5, 0.6) is 0 Å². The second kappa shape index (κ2) is 8.91. The van der Waals surface area contributed by atoms with Gasteiger partial charge in [-0.1, -0.05) is 24.3 Å². The third-order valence-corrected chi connectivity index (χ3v) is 5.45. The van der Waals surface area contributed by atoms with E-state index in [1.54, 1.807) is 29.5 Å². The largest absolute Gasteiger partial charge is 0.504 e.